The molecule has 1 heterocycles. The van der Waals surface area contributed by atoms with E-state index in [2.05, 4.69) is 10.2 Å². The molecule has 2 aromatic rings. The minimum atomic E-state index is -0.405. The lowest BCUT2D eigenvalue weighted by molar-refractivity contribution is -0.384. The van der Waals surface area contributed by atoms with Crippen LogP contribution in [-0.2, 0) is 12.4 Å². The number of alkyl halides is 1. The van der Waals surface area contributed by atoms with E-state index < -0.39 is 4.92 Å². The van der Waals surface area contributed by atoms with Crippen LogP contribution in [0.4, 0.5) is 5.69 Å². The van der Waals surface area contributed by atoms with Gasteiger partial charge in [0.15, 0.2) is 5.82 Å². The molecule has 0 unspecified atom stereocenters. The topological polar surface area (TPSA) is 73.8 Å². The number of rotatable bonds is 4. The third-order valence-electron chi connectivity index (χ3n) is 2.93. The molecule has 0 spiro atoms. The molecular weight excluding hydrogens is 268 g/mol. The van der Waals surface area contributed by atoms with Gasteiger partial charge in [-0.2, -0.15) is 0 Å². The highest BCUT2D eigenvalue weighted by atomic mass is 35.5. The van der Waals surface area contributed by atoms with Gasteiger partial charge in [0, 0.05) is 12.6 Å². The number of halogens is 1. The van der Waals surface area contributed by atoms with Crippen LogP contribution >= 0.6 is 11.6 Å². The van der Waals surface area contributed by atoms with Crippen LogP contribution < -0.4 is 0 Å². The zero-order chi connectivity index (χ0) is 14.0. The maximum absolute atomic E-state index is 11.1. The number of nitro benzene ring substituents is 1. The predicted molar refractivity (Wildman–Crippen MR) is 72.1 cm³/mol. The Morgan fingerprint density at radius 2 is 2.16 bits per heavy atom. The highest BCUT2D eigenvalue weighted by Crippen LogP contribution is 2.32. The van der Waals surface area contributed by atoms with Crippen molar-refractivity contribution in [3.05, 3.63) is 39.7 Å². The van der Waals surface area contributed by atoms with Crippen LogP contribution in [0.2, 0.25) is 0 Å². The molecule has 0 atom stereocenters. The minimum absolute atomic E-state index is 0.0308. The average molecular weight is 281 g/mol. The van der Waals surface area contributed by atoms with Crippen LogP contribution in [0.1, 0.15) is 18.3 Å². The van der Waals surface area contributed by atoms with Crippen molar-refractivity contribution in [2.75, 3.05) is 0 Å². The van der Waals surface area contributed by atoms with E-state index in [0.717, 1.165) is 5.56 Å². The summed E-state index contributed by atoms with van der Waals surface area (Å²) in [6.07, 6.45) is 0. The number of aryl methyl sites for hydroxylation is 1. The lowest BCUT2D eigenvalue weighted by atomic mass is 10.1. The van der Waals surface area contributed by atoms with Crippen LogP contribution in [0, 0.1) is 17.0 Å². The molecule has 2 rings (SSSR count). The Morgan fingerprint density at radius 3 is 2.74 bits per heavy atom. The van der Waals surface area contributed by atoms with E-state index in [1.165, 1.54) is 6.07 Å². The fourth-order valence-corrected chi connectivity index (χ4v) is 2.24. The van der Waals surface area contributed by atoms with Crippen molar-refractivity contribution in [2.45, 2.75) is 26.3 Å². The van der Waals surface area contributed by atoms with Crippen molar-refractivity contribution < 1.29 is 4.92 Å². The molecule has 0 aliphatic carbocycles. The second-order valence-electron chi connectivity index (χ2n) is 4.04. The van der Waals surface area contributed by atoms with Crippen molar-refractivity contribution in [3.63, 3.8) is 0 Å². The molecule has 0 saturated carbocycles. The van der Waals surface area contributed by atoms with Crippen molar-refractivity contribution in [1.82, 2.24) is 14.8 Å². The highest BCUT2D eigenvalue weighted by Gasteiger charge is 2.23. The molecule has 100 valence electrons. The molecule has 6 nitrogen and oxygen atoms in total. The summed E-state index contributed by atoms with van der Waals surface area (Å²) >= 11 is 5.80. The van der Waals surface area contributed by atoms with Gasteiger partial charge in [-0.1, -0.05) is 12.1 Å². The molecule has 0 saturated heterocycles. The van der Waals surface area contributed by atoms with E-state index in [1.54, 1.807) is 10.6 Å². The molecule has 0 bridgehead atoms. The van der Waals surface area contributed by atoms with E-state index in [1.807, 2.05) is 19.9 Å². The van der Waals surface area contributed by atoms with E-state index in [-0.39, 0.29) is 11.6 Å². The maximum atomic E-state index is 11.1. The summed E-state index contributed by atoms with van der Waals surface area (Å²) in [5.41, 5.74) is 1.32. The van der Waals surface area contributed by atoms with Crippen molar-refractivity contribution in [1.29, 1.82) is 0 Å². The fourth-order valence-electron chi connectivity index (χ4n) is 2.05. The molecule has 0 N–H and O–H groups in total. The van der Waals surface area contributed by atoms with Crippen LogP contribution in [0.15, 0.2) is 18.2 Å². The second-order valence-corrected chi connectivity index (χ2v) is 4.31. The van der Waals surface area contributed by atoms with Crippen LogP contribution in [-0.4, -0.2) is 19.7 Å². The third kappa shape index (κ3) is 2.31. The van der Waals surface area contributed by atoms with Gasteiger partial charge in [0.25, 0.3) is 5.69 Å². The van der Waals surface area contributed by atoms with Crippen LogP contribution in [0.5, 0.6) is 0 Å². The first-order valence-electron chi connectivity index (χ1n) is 5.82. The largest absolute Gasteiger partial charge is 0.310 e. The minimum Gasteiger partial charge on any atom is -0.310 e. The first-order valence-corrected chi connectivity index (χ1v) is 6.36. The normalized spacial score (nSPS) is 10.7. The fraction of sp³-hybridized carbons (Fsp3) is 0.333. The highest BCUT2D eigenvalue weighted by molar-refractivity contribution is 6.16. The van der Waals surface area contributed by atoms with Gasteiger partial charge in [-0.05, 0) is 19.4 Å². The van der Waals surface area contributed by atoms with Gasteiger partial charge in [0.05, 0.1) is 16.4 Å². The molecule has 0 radical (unpaired) electrons. The van der Waals surface area contributed by atoms with E-state index >= 15 is 0 Å². The molecule has 0 fully saturated rings. The Balaban J connectivity index is 2.71. The molecule has 0 amide bonds. The number of aromatic nitrogens is 3. The summed E-state index contributed by atoms with van der Waals surface area (Å²) in [6.45, 7) is 4.35. The first-order chi connectivity index (χ1) is 9.10. The molecule has 1 aromatic carbocycles. The zero-order valence-corrected chi connectivity index (χ0v) is 11.4. The van der Waals surface area contributed by atoms with Crippen LogP contribution in [0.3, 0.4) is 0 Å². The molecule has 7 heteroatoms. The summed E-state index contributed by atoms with van der Waals surface area (Å²) in [6, 6.07) is 4.95. The van der Waals surface area contributed by atoms with Crippen molar-refractivity contribution >= 4 is 17.3 Å². The Bertz CT molecular complexity index is 624. The number of hydrogen-bond acceptors (Lipinski definition) is 4. The molecule has 0 aliphatic heterocycles. The SMILES string of the molecule is CCn1c(CCl)nnc1-c1c(C)cccc1[N+](=O)[O-]. The number of nitrogens with zero attached hydrogens (tertiary/aromatic N) is 4. The van der Waals surface area contributed by atoms with E-state index in [9.17, 15) is 10.1 Å². The summed E-state index contributed by atoms with van der Waals surface area (Å²) in [4.78, 5) is 10.7. The Morgan fingerprint density at radius 1 is 1.42 bits per heavy atom. The lowest BCUT2D eigenvalue weighted by Crippen LogP contribution is -2.04. The molecular formula is C12H13ClN4O2. The first kappa shape index (κ1) is 13.5. The zero-order valence-electron chi connectivity index (χ0n) is 10.6. The van der Waals surface area contributed by atoms with Gasteiger partial charge in [-0.3, -0.25) is 10.1 Å². The quantitative estimate of drug-likeness (QED) is 0.490. The molecule has 1 aromatic heterocycles. The predicted octanol–water partition coefficient (Wildman–Crippen LogP) is 2.92. The monoisotopic (exact) mass is 280 g/mol. The number of hydrogen-bond donors (Lipinski definition) is 0. The van der Waals surface area contributed by atoms with Gasteiger partial charge in [-0.15, -0.1) is 21.8 Å². The average Bonchev–Trinajstić information content (AvgIpc) is 2.80. The van der Waals surface area contributed by atoms with E-state index in [4.69, 9.17) is 11.6 Å². The van der Waals surface area contributed by atoms with Gasteiger partial charge < -0.3 is 4.57 Å². The summed E-state index contributed by atoms with van der Waals surface area (Å²) in [7, 11) is 0. The summed E-state index contributed by atoms with van der Waals surface area (Å²) in [5.74, 6) is 1.32. The van der Waals surface area contributed by atoms with Gasteiger partial charge in [0.1, 0.15) is 5.82 Å². The molecule has 0 aliphatic rings. The van der Waals surface area contributed by atoms with Gasteiger partial charge in [-0.25, -0.2) is 0 Å². The number of nitro groups is 1. The Hall–Kier alpha value is -1.95. The van der Waals surface area contributed by atoms with Crippen molar-refractivity contribution in [2.24, 2.45) is 0 Å². The maximum Gasteiger partial charge on any atom is 0.280 e. The van der Waals surface area contributed by atoms with Crippen LogP contribution in [0.25, 0.3) is 11.4 Å². The third-order valence-corrected chi connectivity index (χ3v) is 3.17. The smallest absolute Gasteiger partial charge is 0.280 e. The van der Waals surface area contributed by atoms with Crippen molar-refractivity contribution in [3.8, 4) is 11.4 Å². The van der Waals surface area contributed by atoms with Gasteiger partial charge >= 0.3 is 0 Å². The Kier molecular flexibility index (Phi) is 3.80. The molecule has 19 heavy (non-hydrogen) atoms. The Labute approximate surface area is 115 Å². The second kappa shape index (κ2) is 5.36. The number of benzene rings is 1. The standard InChI is InChI=1S/C12H13ClN4O2/c1-3-16-10(7-13)14-15-12(16)11-8(2)5-4-6-9(11)17(18)19/h4-6H,3,7H2,1-2H3. The van der Waals surface area contributed by atoms with E-state index in [0.29, 0.717) is 23.8 Å². The van der Waals surface area contributed by atoms with Gasteiger partial charge in [0.2, 0.25) is 0 Å². The lowest BCUT2D eigenvalue weighted by Gasteiger charge is -2.08. The summed E-state index contributed by atoms with van der Waals surface area (Å²) in [5, 5.41) is 19.2. The summed E-state index contributed by atoms with van der Waals surface area (Å²) < 4.78 is 1.79.